The minimum Gasteiger partial charge on any atom is -0.496 e. The third-order valence-electron chi connectivity index (χ3n) is 7.12. The number of fused-ring (bicyclic) bond motifs is 3. The molecule has 1 aliphatic heterocycles. The van der Waals surface area contributed by atoms with Crippen LogP contribution in [0.4, 0.5) is 0 Å². The number of aromatic nitrogens is 3. The van der Waals surface area contributed by atoms with Crippen molar-refractivity contribution in [2.45, 2.75) is 38.0 Å². The highest BCUT2D eigenvalue weighted by molar-refractivity contribution is 7.08. The molecule has 0 radical (unpaired) electrons. The fourth-order valence-corrected chi connectivity index (χ4v) is 5.83. The first-order valence-electron chi connectivity index (χ1n) is 15.0. The molecule has 4 aromatic rings. The molecular formula is C28H30N4O4S. The molecular weight excluding hydrogens is 488 g/mol. The Morgan fingerprint density at radius 2 is 2.22 bits per heavy atom. The number of ether oxygens (including phenoxy) is 3. The van der Waals surface area contributed by atoms with Crippen molar-refractivity contribution >= 4 is 17.2 Å². The lowest BCUT2D eigenvalue weighted by atomic mass is 9.97. The molecule has 0 unspecified atom stereocenters. The molecule has 6 rings (SSSR count). The first-order valence-corrected chi connectivity index (χ1v) is 12.9. The van der Waals surface area contributed by atoms with Crippen LogP contribution in [-0.2, 0) is 18.4 Å². The Balaban J connectivity index is 1.47. The van der Waals surface area contributed by atoms with Crippen molar-refractivity contribution < 1.29 is 27.2 Å². The monoisotopic (exact) mass is 524 g/mol. The van der Waals surface area contributed by atoms with Gasteiger partial charge in [-0.2, -0.15) is 16.4 Å². The maximum atomic E-state index is 14.2. The van der Waals surface area contributed by atoms with Gasteiger partial charge in [0.25, 0.3) is 5.91 Å². The second kappa shape index (κ2) is 9.39. The van der Waals surface area contributed by atoms with Crippen molar-refractivity contribution in [3.63, 3.8) is 0 Å². The van der Waals surface area contributed by atoms with E-state index in [1.807, 2.05) is 59.0 Å². The number of nitrogens with zero attached hydrogens (tertiary/aromatic N) is 4. The molecule has 9 heteroatoms. The van der Waals surface area contributed by atoms with Gasteiger partial charge in [-0.3, -0.25) is 4.79 Å². The summed E-state index contributed by atoms with van der Waals surface area (Å²) in [5.74, 6) is 0.399. The van der Waals surface area contributed by atoms with E-state index in [4.69, 9.17) is 27.5 Å². The molecule has 4 heterocycles. The van der Waals surface area contributed by atoms with E-state index in [1.165, 1.54) is 11.3 Å². The molecule has 1 amide bonds. The molecule has 1 fully saturated rings. The summed E-state index contributed by atoms with van der Waals surface area (Å²) in [5, 5.41) is 8.50. The van der Waals surface area contributed by atoms with Gasteiger partial charge in [0.1, 0.15) is 18.1 Å². The molecule has 37 heavy (non-hydrogen) atoms. The Labute approximate surface area is 228 Å². The van der Waals surface area contributed by atoms with Gasteiger partial charge in [0.05, 0.1) is 28.7 Å². The van der Waals surface area contributed by atoms with E-state index in [-0.39, 0.29) is 25.1 Å². The molecule has 1 saturated carbocycles. The molecule has 1 aliphatic carbocycles. The normalized spacial score (nSPS) is 21.4. The Morgan fingerprint density at radius 1 is 1.30 bits per heavy atom. The van der Waals surface area contributed by atoms with Gasteiger partial charge in [0.15, 0.2) is 5.69 Å². The van der Waals surface area contributed by atoms with Gasteiger partial charge in [0, 0.05) is 77.3 Å². The van der Waals surface area contributed by atoms with Crippen molar-refractivity contribution in [1.29, 1.82) is 0 Å². The molecule has 192 valence electrons. The highest BCUT2D eigenvalue weighted by Crippen LogP contribution is 2.46. The van der Waals surface area contributed by atoms with E-state index in [0.29, 0.717) is 34.7 Å². The van der Waals surface area contributed by atoms with Crippen LogP contribution in [-0.4, -0.2) is 58.4 Å². The van der Waals surface area contributed by atoms with E-state index < -0.39 is 32.1 Å². The summed E-state index contributed by atoms with van der Waals surface area (Å²) in [6.45, 7) is -2.80. The second-order valence-electron chi connectivity index (χ2n) is 9.35. The number of hydrogen-bond acceptors (Lipinski definition) is 6. The van der Waals surface area contributed by atoms with Gasteiger partial charge in [-0.1, -0.05) is 0 Å². The lowest BCUT2D eigenvalue weighted by molar-refractivity contribution is 0.0686. The van der Waals surface area contributed by atoms with E-state index in [1.54, 1.807) is 11.8 Å². The van der Waals surface area contributed by atoms with Crippen molar-refractivity contribution in [2.24, 2.45) is 7.05 Å². The van der Waals surface area contributed by atoms with Crippen LogP contribution in [0.3, 0.4) is 0 Å². The van der Waals surface area contributed by atoms with Crippen molar-refractivity contribution in [2.75, 3.05) is 21.1 Å². The van der Waals surface area contributed by atoms with Crippen molar-refractivity contribution in [3.8, 4) is 39.6 Å². The van der Waals surface area contributed by atoms with Crippen LogP contribution in [0.2, 0.25) is 0 Å². The predicted molar refractivity (Wildman–Crippen MR) is 143 cm³/mol. The van der Waals surface area contributed by atoms with Crippen LogP contribution in [0, 0.1) is 0 Å². The van der Waals surface area contributed by atoms with Crippen molar-refractivity contribution in [3.05, 3.63) is 58.7 Å². The Bertz CT molecular complexity index is 1660. The zero-order valence-corrected chi connectivity index (χ0v) is 21.2. The highest BCUT2D eigenvalue weighted by atomic mass is 32.1. The van der Waals surface area contributed by atoms with Crippen LogP contribution in [0.15, 0.2) is 47.4 Å². The number of aryl methyl sites for hydroxylation is 1. The van der Waals surface area contributed by atoms with E-state index in [0.717, 1.165) is 21.7 Å². The number of benzene rings is 1. The molecule has 8 nitrogen and oxygen atoms in total. The summed E-state index contributed by atoms with van der Waals surface area (Å²) in [4.78, 5) is 15.0. The minimum atomic E-state index is -2.79. The van der Waals surface area contributed by atoms with Crippen molar-refractivity contribution in [1.82, 2.24) is 19.2 Å². The molecule has 3 aromatic heterocycles. The summed E-state index contributed by atoms with van der Waals surface area (Å²) in [6, 6.07) is 6.85. The lowest BCUT2D eigenvalue weighted by Crippen LogP contribution is -2.36. The maximum absolute atomic E-state index is 14.2. The Morgan fingerprint density at radius 3 is 2.95 bits per heavy atom. The third-order valence-corrected chi connectivity index (χ3v) is 7.79. The highest BCUT2D eigenvalue weighted by Gasteiger charge is 2.36. The number of amides is 1. The second-order valence-corrected chi connectivity index (χ2v) is 10.1. The summed E-state index contributed by atoms with van der Waals surface area (Å²) in [5.41, 5.74) is 4.22. The Kier molecular flexibility index (Phi) is 4.52. The molecule has 0 bridgehead atoms. The topological polar surface area (TPSA) is 70.8 Å². The molecule has 2 atom stereocenters. The fraction of sp³-hybridized carbons (Fsp3) is 0.357. The van der Waals surface area contributed by atoms with Crippen LogP contribution >= 0.6 is 11.3 Å². The fourth-order valence-electron chi connectivity index (χ4n) is 5.21. The molecule has 0 saturated heterocycles. The molecule has 2 aliphatic rings. The van der Waals surface area contributed by atoms with Gasteiger partial charge in [-0.25, -0.2) is 4.68 Å². The largest absolute Gasteiger partial charge is 0.496 e. The quantitative estimate of drug-likeness (QED) is 0.349. The number of hydrogen-bond donors (Lipinski definition) is 0. The minimum absolute atomic E-state index is 0.00826. The average Bonchev–Trinajstić information content (AvgIpc) is 3.73. The lowest BCUT2D eigenvalue weighted by Gasteiger charge is -2.25. The van der Waals surface area contributed by atoms with E-state index >= 15 is 0 Å². The predicted octanol–water partition coefficient (Wildman–Crippen LogP) is 5.15. The van der Waals surface area contributed by atoms with Crippen LogP contribution in [0.5, 0.6) is 11.5 Å². The van der Waals surface area contributed by atoms with Gasteiger partial charge < -0.3 is 23.7 Å². The molecule has 0 N–H and O–H groups in total. The maximum Gasteiger partial charge on any atom is 0.274 e. The van der Waals surface area contributed by atoms with E-state index in [9.17, 15) is 4.79 Å². The Hall–Kier alpha value is -3.56. The van der Waals surface area contributed by atoms with Gasteiger partial charge in [-0.15, -0.1) is 0 Å². The first-order chi connectivity index (χ1) is 20.3. The smallest absolute Gasteiger partial charge is 0.274 e. The van der Waals surface area contributed by atoms with Crippen LogP contribution < -0.4 is 9.47 Å². The van der Waals surface area contributed by atoms with Gasteiger partial charge in [-0.05, 0) is 42.8 Å². The zero-order valence-electron chi connectivity index (χ0n) is 26.4. The SMILES string of the molecule is [2H]C([2H])([2H])O[C@H]1CC[C@H](N(C(=O)c2nn(-c3ccsc3)c3c2COc2cc(OC)c(-c4ccn(C)c4)cc2-3)C([2H])([2H])[2H])C1. The molecule has 0 spiro atoms. The number of thiophene rings is 1. The average molecular weight is 525 g/mol. The summed E-state index contributed by atoms with van der Waals surface area (Å²) >= 11 is 1.47. The summed E-state index contributed by atoms with van der Waals surface area (Å²) < 4.78 is 67.7. The van der Waals surface area contributed by atoms with E-state index in [2.05, 4.69) is 0 Å². The van der Waals surface area contributed by atoms with Crippen LogP contribution in [0.1, 0.15) is 43.5 Å². The standard InChI is InChI=1S/C28H30N4O4S/c1-30-9-7-17(14-30)21-12-22-25(13-24(21)35-4)36-15-23-26(29-32(27(22)23)19-8-10-37-16-19)28(33)31(2)18-5-6-20(11-18)34-3/h7-10,12-14,16,18,20H,5-6,11,15H2,1-4H3/t18-,20-/m0/s1/i2D3,3D3. The summed E-state index contributed by atoms with van der Waals surface area (Å²) in [7, 11) is 0.908. The molecule has 1 aromatic carbocycles. The van der Waals surface area contributed by atoms with Crippen LogP contribution in [0.25, 0.3) is 28.1 Å². The summed E-state index contributed by atoms with van der Waals surface area (Å²) in [6.07, 6.45) is 3.92. The van der Waals surface area contributed by atoms with Gasteiger partial charge in [0.2, 0.25) is 0 Å². The first kappa shape index (κ1) is 17.8. The number of rotatable bonds is 6. The zero-order chi connectivity index (χ0) is 30.7. The number of carbonyl (C=O) groups excluding carboxylic acids is 1. The number of carbonyl (C=O) groups is 1. The number of methoxy groups -OCH3 is 2. The third kappa shape index (κ3) is 4.02. The van der Waals surface area contributed by atoms with Gasteiger partial charge >= 0.3 is 0 Å².